The van der Waals surface area contributed by atoms with Gasteiger partial charge in [0.15, 0.2) is 0 Å². The molecule has 1 aliphatic heterocycles. The summed E-state index contributed by atoms with van der Waals surface area (Å²) in [7, 11) is -0.731. The van der Waals surface area contributed by atoms with Gasteiger partial charge in [0.05, 0.1) is 17.2 Å². The third-order valence-electron chi connectivity index (χ3n) is 7.83. The minimum Gasteiger partial charge on any atom is -0.444 e. The highest BCUT2D eigenvalue weighted by atomic mass is 32.2. The number of hydrogen-bond donors (Lipinski definition) is 1. The van der Waals surface area contributed by atoms with Crippen molar-refractivity contribution in [3.63, 3.8) is 0 Å². The number of carbonyl (C=O) groups is 1. The number of oxazole rings is 1. The van der Waals surface area contributed by atoms with Crippen LogP contribution in [0.25, 0.3) is 22.7 Å². The van der Waals surface area contributed by atoms with Crippen molar-refractivity contribution in [1.29, 1.82) is 5.26 Å². The summed E-state index contributed by atoms with van der Waals surface area (Å²) in [6, 6.07) is 10.8. The van der Waals surface area contributed by atoms with E-state index in [0.29, 0.717) is 17.2 Å². The van der Waals surface area contributed by atoms with Gasteiger partial charge in [-0.2, -0.15) is 18.4 Å². The Bertz CT molecular complexity index is 1450. The Morgan fingerprint density at radius 1 is 1.07 bits per heavy atom. The van der Waals surface area contributed by atoms with Gasteiger partial charge in [0.2, 0.25) is 11.8 Å². The van der Waals surface area contributed by atoms with Gasteiger partial charge in [0, 0.05) is 65.0 Å². The molecule has 12 heteroatoms. The number of amides is 1. The van der Waals surface area contributed by atoms with Crippen molar-refractivity contribution in [2.24, 2.45) is 5.92 Å². The van der Waals surface area contributed by atoms with Crippen LogP contribution < -0.4 is 10.2 Å². The molecule has 1 amide bonds. The van der Waals surface area contributed by atoms with Crippen molar-refractivity contribution in [3.05, 3.63) is 54.6 Å². The first-order valence-corrected chi connectivity index (χ1v) is 15.6. The molecule has 222 valence electrons. The van der Waals surface area contributed by atoms with Crippen LogP contribution in [0.15, 0.2) is 53.4 Å². The Balaban J connectivity index is 0.000000211. The van der Waals surface area contributed by atoms with Crippen molar-refractivity contribution in [1.82, 2.24) is 15.3 Å². The molecule has 2 saturated carbocycles. The number of hydrogen-bond acceptors (Lipinski definition) is 7. The highest BCUT2D eigenvalue weighted by molar-refractivity contribution is 7.85. The van der Waals surface area contributed by atoms with Crippen molar-refractivity contribution < 1.29 is 26.6 Å². The van der Waals surface area contributed by atoms with Crippen LogP contribution in [-0.4, -0.2) is 50.2 Å². The minimum absolute atomic E-state index is 0.0798. The molecular weight excluding hydrogens is 567 g/mol. The fourth-order valence-corrected chi connectivity index (χ4v) is 6.13. The van der Waals surface area contributed by atoms with Crippen LogP contribution in [-0.2, 0) is 21.8 Å². The number of aromatic nitrogens is 2. The van der Waals surface area contributed by atoms with Gasteiger partial charge in [0.25, 0.3) is 0 Å². The SMILES string of the molecule is N#CC1(NC(=O)C2CCCCC2)CC1.O=S1CCN(c2ccc(-c3coc(-c4cncc(C(F)(F)F)c4)n3)cc2)CC1. The normalized spacial score (nSPS) is 18.9. The smallest absolute Gasteiger partial charge is 0.417 e. The molecule has 1 saturated heterocycles. The number of halogens is 3. The third kappa shape index (κ3) is 7.37. The molecule has 6 rings (SSSR count). The zero-order valence-electron chi connectivity index (χ0n) is 23.0. The van der Waals surface area contributed by atoms with Crippen molar-refractivity contribution in [3.8, 4) is 28.8 Å². The Kier molecular flexibility index (Phi) is 8.96. The van der Waals surface area contributed by atoms with Crippen LogP contribution in [0.1, 0.15) is 50.5 Å². The summed E-state index contributed by atoms with van der Waals surface area (Å²) >= 11 is 0. The summed E-state index contributed by atoms with van der Waals surface area (Å²) in [6.45, 7) is 1.51. The molecule has 8 nitrogen and oxygen atoms in total. The lowest BCUT2D eigenvalue weighted by molar-refractivity contribution is -0.137. The average Bonchev–Trinajstić information content (AvgIpc) is 3.60. The fraction of sp³-hybridized carbons (Fsp3) is 0.467. The van der Waals surface area contributed by atoms with E-state index in [-0.39, 0.29) is 23.3 Å². The zero-order valence-corrected chi connectivity index (χ0v) is 23.8. The van der Waals surface area contributed by atoms with E-state index >= 15 is 0 Å². The van der Waals surface area contributed by atoms with E-state index in [0.717, 1.165) is 75.1 Å². The van der Waals surface area contributed by atoms with Crippen LogP contribution in [0.4, 0.5) is 18.9 Å². The van der Waals surface area contributed by atoms with Gasteiger partial charge in [-0.25, -0.2) is 4.98 Å². The van der Waals surface area contributed by atoms with Gasteiger partial charge >= 0.3 is 6.18 Å². The third-order valence-corrected chi connectivity index (χ3v) is 9.10. The Labute approximate surface area is 244 Å². The first kappa shape index (κ1) is 29.8. The highest BCUT2D eigenvalue weighted by Crippen LogP contribution is 2.36. The van der Waals surface area contributed by atoms with Gasteiger partial charge in [0.1, 0.15) is 17.5 Å². The predicted molar refractivity (Wildman–Crippen MR) is 153 cm³/mol. The van der Waals surface area contributed by atoms with Crippen LogP contribution in [0.3, 0.4) is 0 Å². The molecule has 3 fully saturated rings. The molecule has 2 aromatic heterocycles. The molecular formula is C30H32F3N5O3S. The number of nitrogens with one attached hydrogen (secondary N) is 1. The Morgan fingerprint density at radius 2 is 1.76 bits per heavy atom. The number of nitriles is 1. The second-order valence-electron chi connectivity index (χ2n) is 10.9. The maximum absolute atomic E-state index is 12.9. The van der Waals surface area contributed by atoms with Crippen molar-refractivity contribution in [2.45, 2.75) is 56.7 Å². The van der Waals surface area contributed by atoms with E-state index < -0.39 is 28.1 Å². The summed E-state index contributed by atoms with van der Waals surface area (Å²) in [5, 5.41) is 11.7. The van der Waals surface area contributed by atoms with Crippen molar-refractivity contribution in [2.75, 3.05) is 29.5 Å². The fourth-order valence-electron chi connectivity index (χ4n) is 5.08. The standard InChI is InChI=1S/C19H16F3N3O2S.C11H16N2O/c20-19(21,22)15-9-14(10-23-11-15)18-24-17(12-27-18)13-1-3-16(4-2-13)25-5-7-28(26)8-6-25;12-8-11(6-7-11)13-10(14)9-4-2-1-3-5-9/h1-4,9-12H,5-8H2;9H,1-7H2,(H,13,14). The lowest BCUT2D eigenvalue weighted by Gasteiger charge is -2.28. The molecule has 0 spiro atoms. The van der Waals surface area contributed by atoms with Crippen LogP contribution in [0.5, 0.6) is 0 Å². The number of nitrogens with zero attached hydrogens (tertiary/aromatic N) is 4. The maximum Gasteiger partial charge on any atom is 0.417 e. The molecule has 1 aromatic carbocycles. The second-order valence-corrected chi connectivity index (χ2v) is 12.6. The lowest BCUT2D eigenvalue weighted by atomic mass is 9.88. The topological polar surface area (TPSA) is 112 Å². The first-order valence-electron chi connectivity index (χ1n) is 14.1. The number of alkyl halides is 3. The van der Waals surface area contributed by atoms with Crippen molar-refractivity contribution >= 4 is 22.4 Å². The molecule has 3 heterocycles. The van der Waals surface area contributed by atoms with E-state index in [1.807, 2.05) is 24.3 Å². The minimum atomic E-state index is -4.48. The van der Waals surface area contributed by atoms with Gasteiger partial charge in [-0.05, 0) is 43.9 Å². The molecule has 1 N–H and O–H groups in total. The van der Waals surface area contributed by atoms with Gasteiger partial charge < -0.3 is 14.6 Å². The predicted octanol–water partition coefficient (Wildman–Crippen LogP) is 5.73. The largest absolute Gasteiger partial charge is 0.444 e. The van der Waals surface area contributed by atoms with E-state index in [1.165, 1.54) is 18.9 Å². The van der Waals surface area contributed by atoms with Crippen LogP contribution in [0.2, 0.25) is 0 Å². The maximum atomic E-state index is 12.9. The van der Waals surface area contributed by atoms with E-state index in [4.69, 9.17) is 9.68 Å². The second kappa shape index (κ2) is 12.7. The number of benzene rings is 1. The quantitative estimate of drug-likeness (QED) is 0.399. The Morgan fingerprint density at radius 3 is 2.38 bits per heavy atom. The number of rotatable bonds is 5. The van der Waals surface area contributed by atoms with Gasteiger partial charge in [-0.1, -0.05) is 31.4 Å². The van der Waals surface area contributed by atoms with E-state index in [1.54, 1.807) is 0 Å². The lowest BCUT2D eigenvalue weighted by Crippen LogP contribution is -2.40. The monoisotopic (exact) mass is 599 g/mol. The first-order chi connectivity index (χ1) is 20.2. The highest BCUT2D eigenvalue weighted by Gasteiger charge is 2.45. The van der Waals surface area contributed by atoms with Gasteiger partial charge in [-0.3, -0.25) is 14.0 Å². The summed E-state index contributed by atoms with van der Waals surface area (Å²) < 4.78 is 55.4. The Hall–Kier alpha value is -3.72. The summed E-state index contributed by atoms with van der Waals surface area (Å²) in [5.74, 6) is 1.70. The molecule has 0 bridgehead atoms. The van der Waals surface area contributed by atoms with Crippen LogP contribution in [0, 0.1) is 17.2 Å². The number of pyridine rings is 1. The molecule has 0 atom stereocenters. The molecule has 2 aliphatic carbocycles. The van der Waals surface area contributed by atoms with Gasteiger partial charge in [-0.15, -0.1) is 0 Å². The molecule has 0 radical (unpaired) electrons. The summed E-state index contributed by atoms with van der Waals surface area (Å²) in [4.78, 5) is 21.9. The van der Waals surface area contributed by atoms with E-state index in [2.05, 4.69) is 26.3 Å². The van der Waals surface area contributed by atoms with Crippen LogP contribution >= 0.6 is 0 Å². The molecule has 42 heavy (non-hydrogen) atoms. The molecule has 3 aliphatic rings. The number of carbonyl (C=O) groups excluding carboxylic acids is 1. The average molecular weight is 600 g/mol. The summed E-state index contributed by atoms with van der Waals surface area (Å²) in [5.41, 5.74) is 1.19. The molecule has 3 aromatic rings. The van der Waals surface area contributed by atoms with E-state index in [9.17, 15) is 22.2 Å². The number of anilines is 1. The zero-order chi connectivity index (χ0) is 29.7. The summed E-state index contributed by atoms with van der Waals surface area (Å²) in [6.07, 6.45) is 6.26. The molecule has 0 unspecified atom stereocenters.